The first-order valence-corrected chi connectivity index (χ1v) is 6.79. The number of nitrogens with zero attached hydrogens (tertiary/aromatic N) is 2. The summed E-state index contributed by atoms with van der Waals surface area (Å²) in [5, 5.41) is 13.0. The van der Waals surface area contributed by atoms with Crippen molar-refractivity contribution in [1.29, 1.82) is 5.26 Å². The van der Waals surface area contributed by atoms with Crippen LogP contribution in [0.3, 0.4) is 0 Å². The maximum atomic E-state index is 9.20. The molecule has 0 amide bonds. The van der Waals surface area contributed by atoms with Crippen LogP contribution in [0.4, 0.5) is 11.4 Å². The standard InChI is InChI=1S/C14H11BrClN3/c1-8-5-14(11(7-17)9(2)18-8)19-10-3-4-12(15)13(16)6-10/h3-6H,1-2H3,(H,18,19). The molecule has 0 bridgehead atoms. The monoisotopic (exact) mass is 335 g/mol. The van der Waals surface area contributed by atoms with Gasteiger partial charge in [-0.3, -0.25) is 4.98 Å². The molecule has 0 spiro atoms. The third-order valence-corrected chi connectivity index (χ3v) is 3.87. The summed E-state index contributed by atoms with van der Waals surface area (Å²) >= 11 is 9.40. The van der Waals surface area contributed by atoms with Gasteiger partial charge in [-0.15, -0.1) is 0 Å². The lowest BCUT2D eigenvalue weighted by molar-refractivity contribution is 1.11. The zero-order valence-corrected chi connectivity index (χ0v) is 12.8. The molecule has 2 aromatic rings. The maximum absolute atomic E-state index is 9.20. The molecule has 1 heterocycles. The van der Waals surface area contributed by atoms with Gasteiger partial charge in [0.15, 0.2) is 0 Å². The molecular formula is C14H11BrClN3. The summed E-state index contributed by atoms with van der Waals surface area (Å²) < 4.78 is 0.835. The molecule has 0 aliphatic rings. The molecule has 0 unspecified atom stereocenters. The number of anilines is 2. The Morgan fingerprint density at radius 1 is 1.32 bits per heavy atom. The average Bonchev–Trinajstić information content (AvgIpc) is 2.33. The van der Waals surface area contributed by atoms with Crippen molar-refractivity contribution in [3.8, 4) is 6.07 Å². The van der Waals surface area contributed by atoms with E-state index < -0.39 is 0 Å². The first-order valence-electron chi connectivity index (χ1n) is 5.61. The van der Waals surface area contributed by atoms with Gasteiger partial charge in [-0.05, 0) is 54.0 Å². The van der Waals surface area contributed by atoms with Crippen molar-refractivity contribution in [2.24, 2.45) is 0 Å². The van der Waals surface area contributed by atoms with Gasteiger partial charge >= 0.3 is 0 Å². The Balaban J connectivity index is 2.43. The lowest BCUT2D eigenvalue weighted by atomic mass is 10.1. The number of hydrogen-bond donors (Lipinski definition) is 1. The normalized spacial score (nSPS) is 10.1. The number of hydrogen-bond acceptors (Lipinski definition) is 3. The van der Waals surface area contributed by atoms with E-state index in [1.165, 1.54) is 0 Å². The number of nitrogens with one attached hydrogen (secondary N) is 1. The summed E-state index contributed by atoms with van der Waals surface area (Å²) in [5.74, 6) is 0. The molecule has 1 aromatic carbocycles. The second-order valence-electron chi connectivity index (χ2n) is 4.14. The highest BCUT2D eigenvalue weighted by Crippen LogP contribution is 2.29. The van der Waals surface area contributed by atoms with Crippen molar-refractivity contribution in [2.45, 2.75) is 13.8 Å². The van der Waals surface area contributed by atoms with Gasteiger partial charge in [0.2, 0.25) is 0 Å². The second kappa shape index (κ2) is 5.60. The van der Waals surface area contributed by atoms with Crippen LogP contribution >= 0.6 is 27.5 Å². The molecular weight excluding hydrogens is 326 g/mol. The Morgan fingerprint density at radius 2 is 2.05 bits per heavy atom. The molecule has 0 fully saturated rings. The van der Waals surface area contributed by atoms with Crippen molar-refractivity contribution in [1.82, 2.24) is 4.98 Å². The molecule has 0 saturated carbocycles. The number of aryl methyl sites for hydroxylation is 2. The number of nitriles is 1. The number of halogens is 2. The molecule has 0 aliphatic carbocycles. The first kappa shape index (κ1) is 13.9. The summed E-state index contributed by atoms with van der Waals surface area (Å²) in [6.07, 6.45) is 0. The molecule has 19 heavy (non-hydrogen) atoms. The van der Waals surface area contributed by atoms with Crippen molar-refractivity contribution in [3.63, 3.8) is 0 Å². The van der Waals surface area contributed by atoms with E-state index in [9.17, 15) is 5.26 Å². The van der Waals surface area contributed by atoms with Crippen LogP contribution in [0.15, 0.2) is 28.7 Å². The van der Waals surface area contributed by atoms with Crippen molar-refractivity contribution in [2.75, 3.05) is 5.32 Å². The maximum Gasteiger partial charge on any atom is 0.103 e. The van der Waals surface area contributed by atoms with Crippen LogP contribution in [0.5, 0.6) is 0 Å². The number of pyridine rings is 1. The Morgan fingerprint density at radius 3 is 2.68 bits per heavy atom. The van der Waals surface area contributed by atoms with Crippen LogP contribution < -0.4 is 5.32 Å². The molecule has 1 aromatic heterocycles. The van der Waals surface area contributed by atoms with E-state index in [-0.39, 0.29) is 0 Å². The van der Waals surface area contributed by atoms with Crippen LogP contribution in [0.2, 0.25) is 5.02 Å². The van der Waals surface area contributed by atoms with E-state index in [1.807, 2.05) is 32.0 Å². The Bertz CT molecular complexity index is 677. The second-order valence-corrected chi connectivity index (χ2v) is 5.40. The molecule has 0 aliphatic heterocycles. The Hall–Kier alpha value is -1.57. The first-order chi connectivity index (χ1) is 9.01. The third kappa shape index (κ3) is 3.06. The van der Waals surface area contributed by atoms with Gasteiger partial charge in [0, 0.05) is 15.9 Å². The predicted octanol–water partition coefficient (Wildman–Crippen LogP) is 4.73. The van der Waals surface area contributed by atoms with E-state index in [0.29, 0.717) is 16.3 Å². The van der Waals surface area contributed by atoms with Gasteiger partial charge in [-0.1, -0.05) is 11.6 Å². The molecule has 2 rings (SSSR count). The van der Waals surface area contributed by atoms with Crippen molar-refractivity contribution < 1.29 is 0 Å². The molecule has 96 valence electrons. The predicted molar refractivity (Wildman–Crippen MR) is 80.9 cm³/mol. The topological polar surface area (TPSA) is 48.7 Å². The zero-order chi connectivity index (χ0) is 14.0. The third-order valence-electron chi connectivity index (χ3n) is 2.64. The van der Waals surface area contributed by atoms with Gasteiger partial charge in [-0.2, -0.15) is 5.26 Å². The smallest absolute Gasteiger partial charge is 0.103 e. The largest absolute Gasteiger partial charge is 0.354 e. The van der Waals surface area contributed by atoms with Gasteiger partial charge in [0.25, 0.3) is 0 Å². The fourth-order valence-electron chi connectivity index (χ4n) is 1.80. The Kier molecular flexibility index (Phi) is 4.08. The van der Waals surface area contributed by atoms with Gasteiger partial charge in [-0.25, -0.2) is 0 Å². The molecule has 5 heteroatoms. The minimum absolute atomic E-state index is 0.546. The highest BCUT2D eigenvalue weighted by molar-refractivity contribution is 9.10. The van der Waals surface area contributed by atoms with Gasteiger partial charge in [0.05, 0.1) is 22.0 Å². The van der Waals surface area contributed by atoms with E-state index in [1.54, 1.807) is 6.07 Å². The van der Waals surface area contributed by atoms with Gasteiger partial charge in [0.1, 0.15) is 6.07 Å². The van der Waals surface area contributed by atoms with Crippen LogP contribution in [0.1, 0.15) is 17.0 Å². The minimum atomic E-state index is 0.546. The molecule has 1 N–H and O–H groups in total. The number of rotatable bonds is 2. The summed E-state index contributed by atoms with van der Waals surface area (Å²) in [4.78, 5) is 4.28. The lowest BCUT2D eigenvalue weighted by Crippen LogP contribution is -1.99. The van der Waals surface area contributed by atoms with E-state index in [4.69, 9.17) is 11.6 Å². The van der Waals surface area contributed by atoms with Crippen LogP contribution in [-0.4, -0.2) is 4.98 Å². The number of benzene rings is 1. The van der Waals surface area contributed by atoms with E-state index >= 15 is 0 Å². The van der Waals surface area contributed by atoms with Crippen LogP contribution in [-0.2, 0) is 0 Å². The molecule has 0 radical (unpaired) electrons. The SMILES string of the molecule is Cc1cc(Nc2ccc(Br)c(Cl)c2)c(C#N)c(C)n1. The Labute approximate surface area is 125 Å². The summed E-state index contributed by atoms with van der Waals surface area (Å²) in [5.41, 5.74) is 3.70. The average molecular weight is 337 g/mol. The fourth-order valence-corrected chi connectivity index (χ4v) is 2.22. The summed E-state index contributed by atoms with van der Waals surface area (Å²) in [6.45, 7) is 3.72. The summed E-state index contributed by atoms with van der Waals surface area (Å²) in [6, 6.07) is 9.57. The quantitative estimate of drug-likeness (QED) is 0.862. The minimum Gasteiger partial charge on any atom is -0.354 e. The van der Waals surface area contributed by atoms with Crippen molar-refractivity contribution >= 4 is 38.9 Å². The highest BCUT2D eigenvalue weighted by atomic mass is 79.9. The lowest BCUT2D eigenvalue weighted by Gasteiger charge is -2.11. The van der Waals surface area contributed by atoms with Crippen molar-refractivity contribution in [3.05, 3.63) is 50.7 Å². The summed E-state index contributed by atoms with van der Waals surface area (Å²) in [7, 11) is 0. The number of aromatic nitrogens is 1. The zero-order valence-electron chi connectivity index (χ0n) is 10.5. The molecule has 0 saturated heterocycles. The molecule has 0 atom stereocenters. The fraction of sp³-hybridized carbons (Fsp3) is 0.143. The van der Waals surface area contributed by atoms with Gasteiger partial charge < -0.3 is 5.32 Å². The van der Waals surface area contributed by atoms with E-state index in [0.717, 1.165) is 21.5 Å². The van der Waals surface area contributed by atoms with Crippen LogP contribution in [0.25, 0.3) is 0 Å². The highest BCUT2D eigenvalue weighted by Gasteiger charge is 2.09. The van der Waals surface area contributed by atoms with E-state index in [2.05, 4.69) is 32.3 Å². The molecule has 3 nitrogen and oxygen atoms in total. The van der Waals surface area contributed by atoms with Crippen LogP contribution in [0, 0.1) is 25.2 Å².